The summed E-state index contributed by atoms with van der Waals surface area (Å²) in [6, 6.07) is 6.11. The van der Waals surface area contributed by atoms with Gasteiger partial charge in [0.25, 0.3) is 0 Å². The van der Waals surface area contributed by atoms with Crippen LogP contribution in [-0.4, -0.2) is 0 Å². The second-order valence-electron chi connectivity index (χ2n) is 2.40. The van der Waals surface area contributed by atoms with Crippen LogP contribution < -0.4 is 0 Å². The van der Waals surface area contributed by atoms with Crippen LogP contribution in [0.4, 0.5) is 0 Å². The van der Waals surface area contributed by atoms with E-state index >= 15 is 0 Å². The van der Waals surface area contributed by atoms with Gasteiger partial charge in [-0.25, -0.2) is 0 Å². The van der Waals surface area contributed by atoms with E-state index in [-0.39, 0.29) is 0 Å². The van der Waals surface area contributed by atoms with Gasteiger partial charge < -0.3 is 0 Å². The zero-order chi connectivity index (χ0) is 8.27. The maximum absolute atomic E-state index is 5.85. The van der Waals surface area contributed by atoms with E-state index in [1.807, 2.05) is 6.07 Å². The Balaban J connectivity index is 3.06. The summed E-state index contributed by atoms with van der Waals surface area (Å²) in [6.45, 7) is 2.15. The van der Waals surface area contributed by atoms with Gasteiger partial charge >= 0.3 is 0 Å². The third-order valence-electron chi connectivity index (χ3n) is 1.69. The van der Waals surface area contributed by atoms with Crippen molar-refractivity contribution >= 4 is 34.2 Å². The van der Waals surface area contributed by atoms with Crippen LogP contribution in [0.3, 0.4) is 0 Å². The van der Waals surface area contributed by atoms with E-state index in [1.54, 1.807) is 0 Å². The van der Waals surface area contributed by atoms with Crippen LogP contribution in [0, 0.1) is 0 Å². The number of rotatable bonds is 2. The fourth-order valence-electron chi connectivity index (χ4n) is 1.05. The molecule has 1 aromatic rings. The largest absolute Gasteiger partial charge is 0.0843 e. The Morgan fingerprint density at radius 2 is 2.09 bits per heavy atom. The van der Waals surface area contributed by atoms with Gasteiger partial charge in [0.2, 0.25) is 0 Å². The smallest absolute Gasteiger partial charge is 0.0408 e. The van der Waals surface area contributed by atoms with Gasteiger partial charge in [-0.05, 0) is 29.7 Å². The van der Waals surface area contributed by atoms with Crippen molar-refractivity contribution in [3.05, 3.63) is 34.3 Å². The van der Waals surface area contributed by atoms with Gasteiger partial charge in [0, 0.05) is 9.45 Å². The van der Waals surface area contributed by atoms with Crippen molar-refractivity contribution < 1.29 is 0 Å². The van der Waals surface area contributed by atoms with Crippen molar-refractivity contribution in [3.8, 4) is 0 Å². The van der Waals surface area contributed by atoms with E-state index in [9.17, 15) is 0 Å². The predicted octanol–water partition coefficient (Wildman–Crippen LogP) is 3.84. The minimum absolute atomic E-state index is 0.843. The summed E-state index contributed by atoms with van der Waals surface area (Å²) in [5, 5.41) is 0.843. The highest BCUT2D eigenvalue weighted by Crippen LogP contribution is 2.18. The molecule has 0 bridgehead atoms. The summed E-state index contributed by atoms with van der Waals surface area (Å²) < 4.78 is 1.07. The van der Waals surface area contributed by atoms with E-state index < -0.39 is 0 Å². The summed E-state index contributed by atoms with van der Waals surface area (Å²) >= 11 is 8.22. The maximum atomic E-state index is 5.85. The molecule has 0 saturated carbocycles. The van der Waals surface area contributed by atoms with E-state index in [2.05, 4.69) is 41.6 Å². The third kappa shape index (κ3) is 2.34. The van der Waals surface area contributed by atoms with Gasteiger partial charge in [-0.3, -0.25) is 0 Å². The van der Waals surface area contributed by atoms with Crippen molar-refractivity contribution in [3.63, 3.8) is 0 Å². The highest BCUT2D eigenvalue weighted by Gasteiger charge is 1.98. The molecule has 0 spiro atoms. The minimum Gasteiger partial charge on any atom is -0.0843 e. The van der Waals surface area contributed by atoms with E-state index in [0.717, 1.165) is 15.9 Å². The van der Waals surface area contributed by atoms with Crippen LogP contribution in [0.2, 0.25) is 5.02 Å². The first-order valence-corrected chi connectivity index (χ1v) is 5.51. The van der Waals surface area contributed by atoms with Crippen molar-refractivity contribution in [2.45, 2.75) is 17.8 Å². The Labute approximate surface area is 86.1 Å². The fourth-order valence-corrected chi connectivity index (χ4v) is 1.99. The summed E-state index contributed by atoms with van der Waals surface area (Å²) in [5.41, 5.74) is 2.77. The molecule has 0 unspecified atom stereocenters. The Bertz CT molecular complexity index is 245. The highest BCUT2D eigenvalue weighted by atomic mass is 127. The van der Waals surface area contributed by atoms with Crippen molar-refractivity contribution in [2.24, 2.45) is 0 Å². The first-order chi connectivity index (χ1) is 5.27. The SMILES string of the molecule is CCc1cc(Cl)ccc1CI. The quantitative estimate of drug-likeness (QED) is 0.570. The fraction of sp³-hybridized carbons (Fsp3) is 0.333. The summed E-state index contributed by atoms with van der Waals surface area (Å²) in [7, 11) is 0. The Hall–Kier alpha value is 0.240. The molecule has 0 aromatic heterocycles. The van der Waals surface area contributed by atoms with Crippen LogP contribution >= 0.6 is 34.2 Å². The Kier molecular flexibility index (Phi) is 3.66. The summed E-state index contributed by atoms with van der Waals surface area (Å²) in [5.74, 6) is 0. The van der Waals surface area contributed by atoms with E-state index in [4.69, 9.17) is 11.6 Å². The summed E-state index contributed by atoms with van der Waals surface area (Å²) in [4.78, 5) is 0. The zero-order valence-corrected chi connectivity index (χ0v) is 9.32. The average Bonchev–Trinajstić information content (AvgIpc) is 2.04. The standard InChI is InChI=1S/C9H10ClI/c1-2-7-5-9(10)4-3-8(7)6-11/h3-5H,2,6H2,1H3. The van der Waals surface area contributed by atoms with E-state index in [0.29, 0.717) is 0 Å². The molecule has 0 nitrogen and oxygen atoms in total. The average molecular weight is 281 g/mol. The number of halogens is 2. The van der Waals surface area contributed by atoms with Crippen LogP contribution in [0.5, 0.6) is 0 Å². The normalized spacial score (nSPS) is 10.1. The second-order valence-corrected chi connectivity index (χ2v) is 3.60. The molecule has 0 aliphatic rings. The first kappa shape index (κ1) is 9.33. The number of hydrogen-bond acceptors (Lipinski definition) is 0. The monoisotopic (exact) mass is 280 g/mol. The molecule has 60 valence electrons. The second kappa shape index (κ2) is 4.31. The lowest BCUT2D eigenvalue weighted by atomic mass is 10.1. The molecular formula is C9H10ClI. The van der Waals surface area contributed by atoms with Crippen molar-refractivity contribution in [1.82, 2.24) is 0 Å². The highest BCUT2D eigenvalue weighted by molar-refractivity contribution is 14.1. The topological polar surface area (TPSA) is 0 Å². The lowest BCUT2D eigenvalue weighted by Crippen LogP contribution is -1.87. The molecule has 2 heteroatoms. The van der Waals surface area contributed by atoms with Crippen LogP contribution in [0.15, 0.2) is 18.2 Å². The van der Waals surface area contributed by atoms with Crippen LogP contribution in [0.1, 0.15) is 18.1 Å². The molecule has 11 heavy (non-hydrogen) atoms. The van der Waals surface area contributed by atoms with Crippen molar-refractivity contribution in [1.29, 1.82) is 0 Å². The molecule has 0 N–H and O–H groups in total. The van der Waals surface area contributed by atoms with Crippen LogP contribution in [0.25, 0.3) is 0 Å². The van der Waals surface area contributed by atoms with Gasteiger partial charge in [0.1, 0.15) is 0 Å². The molecule has 1 rings (SSSR count). The molecule has 0 heterocycles. The molecule has 0 saturated heterocycles. The molecule has 0 amide bonds. The van der Waals surface area contributed by atoms with Gasteiger partial charge in [-0.15, -0.1) is 0 Å². The molecule has 0 aliphatic carbocycles. The third-order valence-corrected chi connectivity index (χ3v) is 2.75. The number of alkyl halides is 1. The number of hydrogen-bond donors (Lipinski definition) is 0. The van der Waals surface area contributed by atoms with Gasteiger partial charge in [0.15, 0.2) is 0 Å². The minimum atomic E-state index is 0.843. The molecule has 1 aromatic carbocycles. The Morgan fingerprint density at radius 1 is 1.36 bits per heavy atom. The molecule has 0 fully saturated rings. The lowest BCUT2D eigenvalue weighted by molar-refractivity contribution is 1.11. The summed E-state index contributed by atoms with van der Waals surface area (Å²) in [6.07, 6.45) is 1.07. The number of aryl methyl sites for hydroxylation is 1. The molecule has 0 atom stereocenters. The first-order valence-electron chi connectivity index (χ1n) is 3.61. The molecule has 0 aliphatic heterocycles. The lowest BCUT2D eigenvalue weighted by Gasteiger charge is -2.03. The Morgan fingerprint density at radius 3 is 2.64 bits per heavy atom. The van der Waals surface area contributed by atoms with Crippen LogP contribution in [-0.2, 0) is 10.8 Å². The number of benzene rings is 1. The predicted molar refractivity (Wildman–Crippen MR) is 58.6 cm³/mol. The maximum Gasteiger partial charge on any atom is 0.0408 e. The van der Waals surface area contributed by atoms with Gasteiger partial charge in [0.05, 0.1) is 0 Å². The zero-order valence-electron chi connectivity index (χ0n) is 6.40. The molecular weight excluding hydrogens is 270 g/mol. The van der Waals surface area contributed by atoms with E-state index in [1.165, 1.54) is 11.1 Å². The van der Waals surface area contributed by atoms with Gasteiger partial charge in [-0.1, -0.05) is 47.2 Å². The molecule has 0 radical (unpaired) electrons. The van der Waals surface area contributed by atoms with Gasteiger partial charge in [-0.2, -0.15) is 0 Å². The van der Waals surface area contributed by atoms with Crippen molar-refractivity contribution in [2.75, 3.05) is 0 Å².